The van der Waals surface area contributed by atoms with Gasteiger partial charge < -0.3 is 20.0 Å². The molecular weight excluding hydrogens is 427 g/mol. The molecule has 0 saturated carbocycles. The maximum atomic E-state index is 6.08. The number of hydrogen-bond donors (Lipinski definition) is 1. The van der Waals surface area contributed by atoms with E-state index in [0.717, 1.165) is 36.8 Å². The Morgan fingerprint density at radius 3 is 2.43 bits per heavy atom. The maximum absolute atomic E-state index is 6.08. The van der Waals surface area contributed by atoms with Crippen molar-refractivity contribution in [3.8, 4) is 0 Å². The number of piperazine rings is 1. The Labute approximate surface area is 158 Å². The van der Waals surface area contributed by atoms with Crippen molar-refractivity contribution >= 4 is 47.2 Å². The molecule has 1 fully saturated rings. The topological polar surface area (TPSA) is 58.0 Å². The summed E-state index contributed by atoms with van der Waals surface area (Å²) in [5.41, 5.74) is 8.30. The van der Waals surface area contributed by atoms with Gasteiger partial charge in [0.1, 0.15) is 0 Å². The summed E-state index contributed by atoms with van der Waals surface area (Å²) in [7, 11) is 0. The van der Waals surface area contributed by atoms with Crippen molar-refractivity contribution in [2.45, 2.75) is 6.54 Å². The third-order valence-electron chi connectivity index (χ3n) is 3.80. The quantitative estimate of drug-likeness (QED) is 0.447. The van der Waals surface area contributed by atoms with Crippen LogP contribution in [0.5, 0.6) is 0 Å². The van der Waals surface area contributed by atoms with E-state index in [1.54, 1.807) is 12.5 Å². The summed E-state index contributed by atoms with van der Waals surface area (Å²) < 4.78 is 5.02. The largest absolute Gasteiger partial charge is 0.472 e. The molecule has 2 aromatic rings. The van der Waals surface area contributed by atoms with E-state index < -0.39 is 0 Å². The van der Waals surface area contributed by atoms with Crippen LogP contribution >= 0.6 is 35.6 Å². The van der Waals surface area contributed by atoms with Gasteiger partial charge >= 0.3 is 0 Å². The van der Waals surface area contributed by atoms with Crippen LogP contribution in [-0.2, 0) is 6.54 Å². The number of anilines is 1. The van der Waals surface area contributed by atoms with Gasteiger partial charge in [-0.15, -0.1) is 24.0 Å². The molecule has 0 radical (unpaired) electrons. The molecule has 1 aromatic heterocycles. The van der Waals surface area contributed by atoms with Gasteiger partial charge in [0.05, 0.1) is 19.1 Å². The number of rotatable bonds is 3. The van der Waals surface area contributed by atoms with Crippen LogP contribution in [0.15, 0.2) is 52.3 Å². The Balaban J connectivity index is 0.00000192. The van der Waals surface area contributed by atoms with E-state index in [4.69, 9.17) is 21.8 Å². The molecule has 5 nitrogen and oxygen atoms in total. The summed E-state index contributed by atoms with van der Waals surface area (Å²) >= 11 is 5.93. The second-order valence-corrected chi connectivity index (χ2v) is 5.69. The summed E-state index contributed by atoms with van der Waals surface area (Å²) in [4.78, 5) is 8.87. The Kier molecular flexibility index (Phi) is 6.59. The van der Waals surface area contributed by atoms with Gasteiger partial charge in [0.25, 0.3) is 0 Å². The van der Waals surface area contributed by atoms with Crippen molar-refractivity contribution < 1.29 is 4.42 Å². The fourth-order valence-corrected chi connectivity index (χ4v) is 2.63. The van der Waals surface area contributed by atoms with Gasteiger partial charge in [0, 0.05) is 42.5 Å². The molecule has 0 spiro atoms. The molecule has 0 bridgehead atoms. The zero-order chi connectivity index (χ0) is 15.4. The highest BCUT2D eigenvalue weighted by Crippen LogP contribution is 2.19. The number of hydrogen-bond acceptors (Lipinski definition) is 3. The number of nitrogens with two attached hydrogens (primary N) is 1. The second kappa shape index (κ2) is 8.44. The predicted molar refractivity (Wildman–Crippen MR) is 105 cm³/mol. The van der Waals surface area contributed by atoms with Gasteiger partial charge in [-0.1, -0.05) is 11.6 Å². The molecule has 124 valence electrons. The molecular formula is C16H20ClIN4O. The van der Waals surface area contributed by atoms with Gasteiger partial charge in [0.15, 0.2) is 5.96 Å². The van der Waals surface area contributed by atoms with Crippen LogP contribution in [0.4, 0.5) is 5.69 Å². The Morgan fingerprint density at radius 2 is 1.83 bits per heavy atom. The maximum Gasteiger partial charge on any atom is 0.191 e. The van der Waals surface area contributed by atoms with Crippen molar-refractivity contribution in [1.82, 2.24) is 4.90 Å². The van der Waals surface area contributed by atoms with Gasteiger partial charge in [-0.2, -0.15) is 0 Å². The SMILES string of the molecule is I.NC(=NCc1ccoc1)N1CCN(c2ccc(Cl)cc2)CC1. The molecule has 0 aliphatic carbocycles. The smallest absolute Gasteiger partial charge is 0.191 e. The van der Waals surface area contributed by atoms with Crippen molar-refractivity contribution in [3.63, 3.8) is 0 Å². The molecule has 1 aromatic carbocycles. The molecule has 1 saturated heterocycles. The van der Waals surface area contributed by atoms with Crippen molar-refractivity contribution in [3.05, 3.63) is 53.4 Å². The van der Waals surface area contributed by atoms with Crippen LogP contribution in [0.1, 0.15) is 5.56 Å². The van der Waals surface area contributed by atoms with Crippen LogP contribution < -0.4 is 10.6 Å². The summed E-state index contributed by atoms with van der Waals surface area (Å²) in [6.07, 6.45) is 3.33. The fourth-order valence-electron chi connectivity index (χ4n) is 2.50. The highest BCUT2D eigenvalue weighted by Gasteiger charge is 2.18. The van der Waals surface area contributed by atoms with Gasteiger partial charge in [-0.25, -0.2) is 4.99 Å². The van der Waals surface area contributed by atoms with Gasteiger partial charge in [0.2, 0.25) is 0 Å². The average molecular weight is 447 g/mol. The van der Waals surface area contributed by atoms with Crippen LogP contribution in [-0.4, -0.2) is 37.0 Å². The zero-order valence-electron chi connectivity index (χ0n) is 12.7. The van der Waals surface area contributed by atoms with Gasteiger partial charge in [-0.05, 0) is 30.3 Å². The van der Waals surface area contributed by atoms with Crippen LogP contribution in [0.3, 0.4) is 0 Å². The third kappa shape index (κ3) is 4.78. The number of guanidine groups is 1. The molecule has 0 atom stereocenters. The second-order valence-electron chi connectivity index (χ2n) is 5.26. The standard InChI is InChI=1S/C16H19ClN4O.HI/c17-14-1-3-15(4-2-14)20-6-8-21(9-7-20)16(18)19-11-13-5-10-22-12-13;/h1-5,10,12H,6-9,11H2,(H2,18,19);1H. The number of furan rings is 1. The van der Waals surface area contributed by atoms with E-state index in [2.05, 4.69) is 14.8 Å². The predicted octanol–water partition coefficient (Wildman–Crippen LogP) is 3.19. The first kappa shape index (κ1) is 17.9. The summed E-state index contributed by atoms with van der Waals surface area (Å²) in [6, 6.07) is 9.84. The lowest BCUT2D eigenvalue weighted by molar-refractivity contribution is 0.380. The van der Waals surface area contributed by atoms with Crippen LogP contribution in [0.25, 0.3) is 0 Å². The average Bonchev–Trinajstić information content (AvgIpc) is 3.07. The third-order valence-corrected chi connectivity index (χ3v) is 4.05. The van der Waals surface area contributed by atoms with E-state index in [-0.39, 0.29) is 24.0 Å². The highest BCUT2D eigenvalue weighted by atomic mass is 127. The van der Waals surface area contributed by atoms with Crippen molar-refractivity contribution in [2.24, 2.45) is 10.7 Å². The fraction of sp³-hybridized carbons (Fsp3) is 0.312. The Morgan fingerprint density at radius 1 is 1.13 bits per heavy atom. The van der Waals surface area contributed by atoms with Crippen LogP contribution in [0, 0.1) is 0 Å². The lowest BCUT2D eigenvalue weighted by Gasteiger charge is -2.36. The number of benzene rings is 1. The van der Waals surface area contributed by atoms with Crippen molar-refractivity contribution in [2.75, 3.05) is 31.1 Å². The molecule has 0 unspecified atom stereocenters. The number of aliphatic imine (C=N–C) groups is 1. The van der Waals surface area contributed by atoms with E-state index in [0.29, 0.717) is 12.5 Å². The summed E-state index contributed by atoms with van der Waals surface area (Å²) in [6.45, 7) is 4.12. The van der Waals surface area contributed by atoms with Gasteiger partial charge in [-0.3, -0.25) is 0 Å². The molecule has 0 amide bonds. The van der Waals surface area contributed by atoms with E-state index >= 15 is 0 Å². The number of halogens is 2. The lowest BCUT2D eigenvalue weighted by atomic mass is 10.2. The number of nitrogens with zero attached hydrogens (tertiary/aromatic N) is 3. The molecule has 2 N–H and O–H groups in total. The molecule has 23 heavy (non-hydrogen) atoms. The van der Waals surface area contributed by atoms with E-state index in [1.807, 2.05) is 30.3 Å². The minimum atomic E-state index is 0. The van der Waals surface area contributed by atoms with E-state index in [9.17, 15) is 0 Å². The molecule has 1 aliphatic rings. The Bertz CT molecular complexity index is 622. The molecule has 3 rings (SSSR count). The molecule has 7 heteroatoms. The molecule has 2 heterocycles. The first-order chi connectivity index (χ1) is 10.7. The summed E-state index contributed by atoms with van der Waals surface area (Å²) in [5.74, 6) is 0.594. The zero-order valence-corrected chi connectivity index (χ0v) is 15.8. The summed E-state index contributed by atoms with van der Waals surface area (Å²) in [5, 5.41) is 0.762. The van der Waals surface area contributed by atoms with Crippen molar-refractivity contribution in [1.29, 1.82) is 0 Å². The first-order valence-corrected chi connectivity index (χ1v) is 7.66. The molecule has 1 aliphatic heterocycles. The monoisotopic (exact) mass is 446 g/mol. The minimum Gasteiger partial charge on any atom is -0.472 e. The van der Waals surface area contributed by atoms with Crippen LogP contribution in [0.2, 0.25) is 5.02 Å². The normalized spacial score (nSPS) is 15.4. The first-order valence-electron chi connectivity index (χ1n) is 7.29. The Hall–Kier alpha value is -1.41. The minimum absolute atomic E-state index is 0. The van der Waals surface area contributed by atoms with E-state index in [1.165, 1.54) is 5.69 Å². The highest BCUT2D eigenvalue weighted by molar-refractivity contribution is 14.0. The lowest BCUT2D eigenvalue weighted by Crippen LogP contribution is -2.51.